The Labute approximate surface area is 297 Å². The molecular formula is C44H35BO5P+. The predicted octanol–water partition coefficient (Wildman–Crippen LogP) is 7.73. The maximum Gasteiger partial charge on any atom is 0.707 e. The lowest BCUT2D eigenvalue weighted by atomic mass is 9.97. The fraction of sp³-hybridized carbons (Fsp3) is 0.0227. The Morgan fingerprint density at radius 3 is 1.55 bits per heavy atom. The summed E-state index contributed by atoms with van der Waals surface area (Å²) in [6, 6.07) is 61.6. The van der Waals surface area contributed by atoms with E-state index in [-0.39, 0.29) is 5.97 Å². The van der Waals surface area contributed by atoms with E-state index in [2.05, 4.69) is 109 Å². The van der Waals surface area contributed by atoms with Crippen LogP contribution in [0.25, 0.3) is 32.3 Å². The van der Waals surface area contributed by atoms with Crippen molar-refractivity contribution in [1.82, 2.24) is 0 Å². The van der Waals surface area contributed by atoms with Crippen LogP contribution in [-0.2, 0) is 4.79 Å². The van der Waals surface area contributed by atoms with E-state index in [0.29, 0.717) is 11.5 Å². The molecule has 0 spiro atoms. The molecule has 0 heterocycles. The van der Waals surface area contributed by atoms with Crippen LogP contribution < -0.4 is 30.6 Å². The Bertz CT molecular complexity index is 2340. The first-order valence-electron chi connectivity index (χ1n) is 16.7. The average molecular weight is 686 g/mol. The van der Waals surface area contributed by atoms with Crippen LogP contribution >= 0.6 is 7.26 Å². The number of esters is 1. The lowest BCUT2D eigenvalue weighted by Gasteiger charge is -2.28. The molecule has 0 amide bonds. The molecule has 51 heavy (non-hydrogen) atoms. The highest BCUT2D eigenvalue weighted by molar-refractivity contribution is 8.01. The fourth-order valence-electron chi connectivity index (χ4n) is 6.77. The third kappa shape index (κ3) is 6.86. The summed E-state index contributed by atoms with van der Waals surface area (Å²) in [4.78, 5) is 11.9. The van der Waals surface area contributed by atoms with Gasteiger partial charge in [-0.15, -0.1) is 0 Å². The van der Waals surface area contributed by atoms with Crippen molar-refractivity contribution in [2.75, 3.05) is 0 Å². The Morgan fingerprint density at radius 1 is 0.510 bits per heavy atom. The molecule has 0 unspecified atom stereocenters. The molecule has 0 bridgehead atoms. The summed E-state index contributed by atoms with van der Waals surface area (Å²) >= 11 is 0. The van der Waals surface area contributed by atoms with Gasteiger partial charge in [0.1, 0.15) is 28.9 Å². The van der Waals surface area contributed by atoms with Gasteiger partial charge in [-0.25, -0.2) is 0 Å². The van der Waals surface area contributed by atoms with E-state index in [4.69, 9.17) is 19.4 Å². The van der Waals surface area contributed by atoms with E-state index in [1.165, 1.54) is 28.2 Å². The Balaban J connectivity index is 0.000000165. The molecule has 0 aliphatic rings. The van der Waals surface area contributed by atoms with Crippen molar-refractivity contribution < 1.29 is 24.2 Å². The molecule has 8 aromatic rings. The summed E-state index contributed by atoms with van der Waals surface area (Å²) in [5, 5.41) is 29.3. The number of hydrogen-bond acceptors (Lipinski definition) is 5. The van der Waals surface area contributed by atoms with Crippen LogP contribution in [0.5, 0.6) is 11.5 Å². The fourth-order valence-corrected chi connectivity index (χ4v) is 11.1. The topological polar surface area (TPSA) is 76.0 Å². The summed E-state index contributed by atoms with van der Waals surface area (Å²) in [5.41, 5.74) is 0. The highest BCUT2D eigenvalue weighted by Gasteiger charge is 2.49. The van der Waals surface area contributed by atoms with Crippen LogP contribution in [0.3, 0.4) is 0 Å². The second kappa shape index (κ2) is 15.0. The molecule has 0 aliphatic heterocycles. The third-order valence-electron chi connectivity index (χ3n) is 8.83. The van der Waals surface area contributed by atoms with Crippen LogP contribution in [0.1, 0.15) is 6.92 Å². The molecular weight excluding hydrogens is 650 g/mol. The van der Waals surface area contributed by atoms with E-state index in [0.717, 1.165) is 32.2 Å². The Morgan fingerprint density at radius 2 is 0.980 bits per heavy atom. The van der Waals surface area contributed by atoms with Gasteiger partial charge in [-0.05, 0) is 93.7 Å². The Kier molecular flexibility index (Phi) is 9.91. The maximum atomic E-state index is 11.9. The first-order valence-corrected chi connectivity index (χ1v) is 18.4. The van der Waals surface area contributed by atoms with Crippen molar-refractivity contribution in [1.29, 1.82) is 0 Å². The van der Waals surface area contributed by atoms with Gasteiger partial charge in [-0.2, -0.15) is 0 Å². The quantitative estimate of drug-likeness (QED) is 0.0449. The van der Waals surface area contributed by atoms with Crippen LogP contribution in [0.2, 0.25) is 0 Å². The van der Waals surface area contributed by atoms with Gasteiger partial charge in [0.05, 0.1) is 0 Å². The molecule has 2 N–H and O–H groups in total. The van der Waals surface area contributed by atoms with E-state index >= 15 is 0 Å². The molecule has 5 nitrogen and oxygen atoms in total. The zero-order valence-electron chi connectivity index (χ0n) is 28.0. The molecule has 0 atom stereocenters. The molecule has 248 valence electrons. The largest absolute Gasteiger partial charge is 0.707 e. The SMILES string of the molecule is CC(=O)Oc1ccccc1[P+](c1ccccc1)(c1ccccc1)c1ccccc1.OB(O)Oc1cccc2ccc3cc4ccccc4cc3c12. The zero-order valence-corrected chi connectivity index (χ0v) is 28.9. The van der Waals surface area contributed by atoms with Crippen LogP contribution in [-0.4, -0.2) is 23.3 Å². The average Bonchev–Trinajstić information content (AvgIpc) is 3.16. The van der Waals surface area contributed by atoms with Gasteiger partial charge in [0, 0.05) is 12.3 Å². The van der Waals surface area contributed by atoms with Gasteiger partial charge in [-0.1, -0.05) is 115 Å². The summed E-state index contributed by atoms with van der Waals surface area (Å²) in [6.07, 6.45) is 0. The standard InChI is InChI=1S/C26H22O2P.C18H13BO3/c1-21(27)28-25-19-11-12-20-26(25)29(22-13-5-2-6-14-22,23-15-7-3-8-16-23)24-17-9-4-10-18-24;20-19(21)22-17-7-3-6-12-8-9-15-10-13-4-1-2-5-14(13)11-16(15)18(12)17/h2-20H,1H3;1-11,20-21H/q+1;. The van der Waals surface area contributed by atoms with E-state index in [9.17, 15) is 4.79 Å². The minimum Gasteiger partial charge on any atom is -0.511 e. The number of hydrogen-bond donors (Lipinski definition) is 2. The molecule has 0 saturated heterocycles. The van der Waals surface area contributed by atoms with Gasteiger partial charge < -0.3 is 19.4 Å². The van der Waals surface area contributed by atoms with Crippen LogP contribution in [0.4, 0.5) is 0 Å². The summed E-state index contributed by atoms with van der Waals surface area (Å²) in [5.74, 6) is 0.767. The van der Waals surface area contributed by atoms with Crippen molar-refractivity contribution in [3.63, 3.8) is 0 Å². The lowest BCUT2D eigenvalue weighted by molar-refractivity contribution is -0.131. The normalized spacial score (nSPS) is 11.1. The summed E-state index contributed by atoms with van der Waals surface area (Å²) in [7, 11) is -4.11. The zero-order chi connectivity index (χ0) is 35.2. The minimum atomic E-state index is -2.28. The lowest BCUT2D eigenvalue weighted by Crippen LogP contribution is -2.39. The van der Waals surface area contributed by atoms with Gasteiger partial charge >= 0.3 is 13.3 Å². The van der Waals surface area contributed by atoms with E-state index in [1.807, 2.05) is 66.7 Å². The first-order chi connectivity index (χ1) is 24.9. The number of rotatable bonds is 7. The highest BCUT2D eigenvalue weighted by Crippen LogP contribution is 2.56. The van der Waals surface area contributed by atoms with Crippen molar-refractivity contribution >= 4 is 74.1 Å². The molecule has 8 rings (SSSR count). The summed E-state index contributed by atoms with van der Waals surface area (Å²) < 4.78 is 10.9. The number of carbonyl (C=O) groups excluding carboxylic acids is 1. The van der Waals surface area contributed by atoms with Gasteiger partial charge in [0.2, 0.25) is 0 Å². The van der Waals surface area contributed by atoms with Crippen LogP contribution in [0, 0.1) is 0 Å². The van der Waals surface area contributed by atoms with Crippen molar-refractivity contribution in [3.05, 3.63) is 182 Å². The second-order valence-electron chi connectivity index (χ2n) is 12.0. The second-order valence-corrected chi connectivity index (χ2v) is 15.4. The molecule has 7 heteroatoms. The monoisotopic (exact) mass is 685 g/mol. The molecule has 0 fully saturated rings. The Hall–Kier alpha value is -5.78. The third-order valence-corrected chi connectivity index (χ3v) is 13.1. The molecule has 8 aromatic carbocycles. The number of carbonyl (C=O) groups is 1. The molecule has 0 saturated carbocycles. The smallest absolute Gasteiger partial charge is 0.511 e. The maximum absolute atomic E-state index is 11.9. The number of benzene rings is 8. The predicted molar refractivity (Wildman–Crippen MR) is 212 cm³/mol. The number of para-hydroxylation sites is 1. The van der Waals surface area contributed by atoms with E-state index < -0.39 is 14.6 Å². The van der Waals surface area contributed by atoms with Gasteiger partial charge in [-0.3, -0.25) is 4.79 Å². The van der Waals surface area contributed by atoms with Crippen molar-refractivity contribution in [2.45, 2.75) is 6.92 Å². The summed E-state index contributed by atoms with van der Waals surface area (Å²) in [6.45, 7) is 1.45. The molecule has 0 radical (unpaired) electrons. The number of fused-ring (bicyclic) bond motifs is 4. The molecule has 0 aliphatic carbocycles. The van der Waals surface area contributed by atoms with E-state index in [1.54, 1.807) is 6.07 Å². The molecule has 0 aromatic heterocycles. The minimum absolute atomic E-state index is 0.315. The van der Waals surface area contributed by atoms with Gasteiger partial charge in [0.15, 0.2) is 11.1 Å². The van der Waals surface area contributed by atoms with Crippen molar-refractivity contribution in [3.8, 4) is 11.5 Å². The van der Waals surface area contributed by atoms with Crippen molar-refractivity contribution in [2.24, 2.45) is 0 Å². The highest BCUT2D eigenvalue weighted by atomic mass is 31.2. The van der Waals surface area contributed by atoms with Gasteiger partial charge in [0.25, 0.3) is 0 Å². The number of ether oxygens (including phenoxy) is 1. The first kappa shape index (κ1) is 33.7. The van der Waals surface area contributed by atoms with Crippen LogP contribution in [0.15, 0.2) is 182 Å².